The summed E-state index contributed by atoms with van der Waals surface area (Å²) in [5.74, 6) is 1.00. The molecule has 0 bridgehead atoms. The zero-order valence-electron chi connectivity index (χ0n) is 12.4. The van der Waals surface area contributed by atoms with Gasteiger partial charge < -0.3 is 5.32 Å². The molecule has 20 heavy (non-hydrogen) atoms. The average Bonchev–Trinajstić information content (AvgIpc) is 2.97. The summed E-state index contributed by atoms with van der Waals surface area (Å²) >= 11 is 0. The topological polar surface area (TPSA) is 15.3 Å². The van der Waals surface area contributed by atoms with Crippen molar-refractivity contribution in [3.63, 3.8) is 0 Å². The van der Waals surface area contributed by atoms with E-state index in [4.69, 9.17) is 0 Å². The molecule has 2 aliphatic heterocycles. The highest BCUT2D eigenvalue weighted by Gasteiger charge is 2.35. The molecule has 0 radical (unpaired) electrons. The Balaban J connectivity index is 1.56. The molecule has 0 spiro atoms. The molecule has 4 rings (SSSR count). The maximum absolute atomic E-state index is 3.50. The molecule has 1 aromatic rings. The molecule has 2 heteroatoms. The fourth-order valence-electron chi connectivity index (χ4n) is 4.73. The van der Waals surface area contributed by atoms with Crippen molar-refractivity contribution in [1.82, 2.24) is 10.2 Å². The highest BCUT2D eigenvalue weighted by molar-refractivity contribution is 5.37. The molecule has 2 fully saturated rings. The van der Waals surface area contributed by atoms with E-state index in [-0.39, 0.29) is 0 Å². The number of hydrogen-bond acceptors (Lipinski definition) is 2. The van der Waals surface area contributed by atoms with Gasteiger partial charge in [0.15, 0.2) is 0 Å². The Labute approximate surface area is 122 Å². The first kappa shape index (κ1) is 12.8. The monoisotopic (exact) mass is 270 g/mol. The molecule has 2 unspecified atom stereocenters. The van der Waals surface area contributed by atoms with Crippen molar-refractivity contribution in [2.24, 2.45) is 5.92 Å². The molecule has 0 aromatic heterocycles. The highest BCUT2D eigenvalue weighted by Crippen LogP contribution is 2.37. The number of likely N-dealkylation sites (tertiary alicyclic amines) is 1. The molecule has 1 N–H and O–H groups in total. The quantitative estimate of drug-likeness (QED) is 0.888. The van der Waals surface area contributed by atoms with E-state index in [0.717, 1.165) is 25.0 Å². The van der Waals surface area contributed by atoms with Crippen LogP contribution in [0.25, 0.3) is 0 Å². The summed E-state index contributed by atoms with van der Waals surface area (Å²) in [5.41, 5.74) is 4.79. The molecule has 1 aliphatic carbocycles. The van der Waals surface area contributed by atoms with Gasteiger partial charge in [-0.2, -0.15) is 0 Å². The number of piperidine rings is 1. The lowest BCUT2D eigenvalue weighted by Gasteiger charge is -2.38. The van der Waals surface area contributed by atoms with Gasteiger partial charge >= 0.3 is 0 Å². The van der Waals surface area contributed by atoms with Gasteiger partial charge in [0.1, 0.15) is 0 Å². The number of fused-ring (bicyclic) bond motifs is 2. The molecular weight excluding hydrogens is 244 g/mol. The molecule has 1 aromatic carbocycles. The lowest BCUT2D eigenvalue weighted by molar-refractivity contribution is 0.105. The van der Waals surface area contributed by atoms with Crippen LogP contribution in [0, 0.1) is 5.92 Å². The zero-order chi connectivity index (χ0) is 13.4. The Morgan fingerprint density at radius 3 is 3.10 bits per heavy atom. The fourth-order valence-corrected chi connectivity index (χ4v) is 4.73. The zero-order valence-corrected chi connectivity index (χ0v) is 12.4. The van der Waals surface area contributed by atoms with Crippen LogP contribution in [0.1, 0.15) is 48.8 Å². The maximum Gasteiger partial charge on any atom is 0.0239 e. The average molecular weight is 270 g/mol. The van der Waals surface area contributed by atoms with Crippen LogP contribution in [-0.4, -0.2) is 24.0 Å². The summed E-state index contributed by atoms with van der Waals surface area (Å²) in [6.07, 6.45) is 8.51. The van der Waals surface area contributed by atoms with Crippen LogP contribution in [0.3, 0.4) is 0 Å². The third-order valence-corrected chi connectivity index (χ3v) is 5.72. The SMILES string of the molecule is c1cc2c(c(CN3CCCC4CCCC43)c1)CCNC2. The van der Waals surface area contributed by atoms with E-state index in [1.165, 1.54) is 57.2 Å². The minimum absolute atomic E-state index is 0.890. The predicted octanol–water partition coefficient (Wildman–Crippen LogP) is 3.10. The van der Waals surface area contributed by atoms with E-state index < -0.39 is 0 Å². The molecular formula is C18H26N2. The van der Waals surface area contributed by atoms with Crippen LogP contribution in [0.15, 0.2) is 18.2 Å². The fraction of sp³-hybridized carbons (Fsp3) is 0.667. The van der Waals surface area contributed by atoms with E-state index in [1.807, 2.05) is 0 Å². The summed E-state index contributed by atoms with van der Waals surface area (Å²) in [4.78, 5) is 2.80. The van der Waals surface area contributed by atoms with Gasteiger partial charge in [-0.25, -0.2) is 0 Å². The molecule has 108 valence electrons. The first-order valence-corrected chi connectivity index (χ1v) is 8.46. The molecule has 2 nitrogen and oxygen atoms in total. The molecule has 1 saturated carbocycles. The summed E-state index contributed by atoms with van der Waals surface area (Å²) in [6, 6.07) is 7.83. The first-order valence-electron chi connectivity index (χ1n) is 8.46. The number of hydrogen-bond donors (Lipinski definition) is 1. The number of benzene rings is 1. The van der Waals surface area contributed by atoms with Gasteiger partial charge in [0.25, 0.3) is 0 Å². The Morgan fingerprint density at radius 2 is 2.10 bits per heavy atom. The largest absolute Gasteiger partial charge is 0.312 e. The lowest BCUT2D eigenvalue weighted by Crippen LogP contribution is -2.42. The van der Waals surface area contributed by atoms with E-state index in [0.29, 0.717) is 0 Å². The second-order valence-corrected chi connectivity index (χ2v) is 6.85. The lowest BCUT2D eigenvalue weighted by atomic mass is 9.90. The van der Waals surface area contributed by atoms with Crippen molar-refractivity contribution in [3.8, 4) is 0 Å². The second-order valence-electron chi connectivity index (χ2n) is 6.85. The van der Waals surface area contributed by atoms with Gasteiger partial charge in [-0.05, 0) is 67.8 Å². The van der Waals surface area contributed by atoms with Gasteiger partial charge in [0.2, 0.25) is 0 Å². The summed E-state index contributed by atoms with van der Waals surface area (Å²) in [7, 11) is 0. The minimum atomic E-state index is 0.890. The highest BCUT2D eigenvalue weighted by atomic mass is 15.2. The number of nitrogens with zero attached hydrogens (tertiary/aromatic N) is 1. The van der Waals surface area contributed by atoms with Crippen LogP contribution >= 0.6 is 0 Å². The minimum Gasteiger partial charge on any atom is -0.312 e. The van der Waals surface area contributed by atoms with Crippen molar-refractivity contribution in [2.45, 2.75) is 57.7 Å². The standard InChI is InChI=1S/C18H26N2/c1-5-15-12-19-10-9-17(15)16(6-1)13-20-11-3-7-14-4-2-8-18(14)20/h1,5-6,14,18-19H,2-4,7-13H2. The Hall–Kier alpha value is -0.860. The second kappa shape index (κ2) is 5.50. The van der Waals surface area contributed by atoms with E-state index >= 15 is 0 Å². The van der Waals surface area contributed by atoms with Crippen molar-refractivity contribution < 1.29 is 0 Å². The van der Waals surface area contributed by atoms with Crippen molar-refractivity contribution in [2.75, 3.05) is 13.1 Å². The summed E-state index contributed by atoms with van der Waals surface area (Å²) < 4.78 is 0. The Kier molecular flexibility index (Phi) is 3.53. The Bertz CT molecular complexity index is 482. The molecule has 1 saturated heterocycles. The van der Waals surface area contributed by atoms with Crippen LogP contribution in [0.2, 0.25) is 0 Å². The predicted molar refractivity (Wildman–Crippen MR) is 82.6 cm³/mol. The normalized spacial score (nSPS) is 30.0. The van der Waals surface area contributed by atoms with Gasteiger partial charge in [-0.3, -0.25) is 4.90 Å². The smallest absolute Gasteiger partial charge is 0.0239 e. The van der Waals surface area contributed by atoms with Gasteiger partial charge in [0.05, 0.1) is 0 Å². The van der Waals surface area contributed by atoms with E-state index in [1.54, 1.807) is 11.1 Å². The first-order chi connectivity index (χ1) is 9.92. The molecule has 0 amide bonds. The third-order valence-electron chi connectivity index (χ3n) is 5.72. The van der Waals surface area contributed by atoms with Gasteiger partial charge in [-0.1, -0.05) is 24.6 Å². The van der Waals surface area contributed by atoms with Crippen LogP contribution in [0.4, 0.5) is 0 Å². The van der Waals surface area contributed by atoms with Crippen LogP contribution in [-0.2, 0) is 19.5 Å². The van der Waals surface area contributed by atoms with Crippen molar-refractivity contribution in [3.05, 3.63) is 34.9 Å². The summed E-state index contributed by atoms with van der Waals surface area (Å²) in [5, 5.41) is 3.50. The van der Waals surface area contributed by atoms with Crippen LogP contribution in [0.5, 0.6) is 0 Å². The number of rotatable bonds is 2. The van der Waals surface area contributed by atoms with Crippen molar-refractivity contribution >= 4 is 0 Å². The summed E-state index contributed by atoms with van der Waals surface area (Å²) in [6.45, 7) is 4.73. The number of nitrogens with one attached hydrogen (secondary N) is 1. The van der Waals surface area contributed by atoms with Crippen LogP contribution < -0.4 is 5.32 Å². The third kappa shape index (κ3) is 2.29. The molecule has 3 aliphatic rings. The van der Waals surface area contributed by atoms with Gasteiger partial charge in [0, 0.05) is 19.1 Å². The molecule has 2 atom stereocenters. The van der Waals surface area contributed by atoms with E-state index in [2.05, 4.69) is 28.4 Å². The van der Waals surface area contributed by atoms with E-state index in [9.17, 15) is 0 Å². The maximum atomic E-state index is 3.50. The Morgan fingerprint density at radius 1 is 1.15 bits per heavy atom. The van der Waals surface area contributed by atoms with Gasteiger partial charge in [-0.15, -0.1) is 0 Å². The molecule has 2 heterocycles. The van der Waals surface area contributed by atoms with Crippen molar-refractivity contribution in [1.29, 1.82) is 0 Å².